The number of nitrogens with one attached hydrogen (secondary N) is 1. The van der Waals surface area contributed by atoms with Gasteiger partial charge in [0.2, 0.25) is 0 Å². The fourth-order valence-electron chi connectivity index (χ4n) is 3.07. The summed E-state index contributed by atoms with van der Waals surface area (Å²) in [6, 6.07) is 18.1. The van der Waals surface area contributed by atoms with Crippen molar-refractivity contribution in [3.8, 4) is 11.5 Å². The number of fused-ring (bicyclic) bond motifs is 2. The van der Waals surface area contributed by atoms with Gasteiger partial charge in [-0.1, -0.05) is 41.4 Å². The van der Waals surface area contributed by atoms with Gasteiger partial charge in [-0.15, -0.1) is 0 Å². The minimum atomic E-state index is -1.17. The van der Waals surface area contributed by atoms with Gasteiger partial charge in [0.15, 0.2) is 0 Å². The van der Waals surface area contributed by atoms with E-state index in [1.807, 2.05) is 43.3 Å². The predicted octanol–water partition coefficient (Wildman–Crippen LogP) is 5.63. The van der Waals surface area contributed by atoms with Crippen molar-refractivity contribution in [3.63, 3.8) is 0 Å². The van der Waals surface area contributed by atoms with Gasteiger partial charge in [-0.3, -0.25) is 4.79 Å². The first-order valence-corrected chi connectivity index (χ1v) is 9.52. The number of para-hydroxylation sites is 1. The third-order valence-corrected chi connectivity index (χ3v) is 4.98. The van der Waals surface area contributed by atoms with E-state index in [1.165, 1.54) is 0 Å². The lowest BCUT2D eigenvalue weighted by molar-refractivity contribution is -0.134. The summed E-state index contributed by atoms with van der Waals surface area (Å²) >= 11 is 12.3. The van der Waals surface area contributed by atoms with Gasteiger partial charge in [0.25, 0.3) is 0 Å². The maximum atomic E-state index is 12.9. The first-order valence-electron chi connectivity index (χ1n) is 8.76. The highest BCUT2D eigenvalue weighted by Gasteiger charge is 2.28. The van der Waals surface area contributed by atoms with Gasteiger partial charge in [-0.25, -0.2) is 0 Å². The van der Waals surface area contributed by atoms with Crippen molar-refractivity contribution in [1.82, 2.24) is 0 Å². The summed E-state index contributed by atoms with van der Waals surface area (Å²) in [5.74, 6) is 0.679. The largest absolute Gasteiger partial charge is 0.446 e. The molecule has 0 unspecified atom stereocenters. The third-order valence-electron chi connectivity index (χ3n) is 4.51. The Morgan fingerprint density at radius 1 is 0.929 bits per heavy atom. The molecule has 1 aliphatic heterocycles. The fourth-order valence-corrected chi connectivity index (χ4v) is 3.46. The van der Waals surface area contributed by atoms with Crippen LogP contribution in [0.5, 0.6) is 11.5 Å². The average molecular weight is 414 g/mol. The van der Waals surface area contributed by atoms with Gasteiger partial charge in [0.1, 0.15) is 11.5 Å². The molecule has 3 aromatic rings. The van der Waals surface area contributed by atoms with Gasteiger partial charge in [0.05, 0.1) is 0 Å². The van der Waals surface area contributed by atoms with Crippen molar-refractivity contribution in [2.45, 2.75) is 19.6 Å². The zero-order valence-corrected chi connectivity index (χ0v) is 16.6. The van der Waals surface area contributed by atoms with Crippen LogP contribution in [0.3, 0.4) is 0 Å². The number of carbonyl (C=O) groups excluding carboxylic acids is 1. The van der Waals surface area contributed by atoms with Crippen LogP contribution in [0.15, 0.2) is 60.7 Å². The molecule has 0 fully saturated rings. The highest BCUT2D eigenvalue weighted by Crippen LogP contribution is 2.34. The van der Waals surface area contributed by atoms with E-state index in [0.717, 1.165) is 16.7 Å². The van der Waals surface area contributed by atoms with Crippen molar-refractivity contribution in [3.05, 3.63) is 87.4 Å². The molecule has 4 nitrogen and oxygen atoms in total. The van der Waals surface area contributed by atoms with E-state index in [-0.39, 0.29) is 0 Å². The Balaban J connectivity index is 1.71. The molecule has 28 heavy (non-hydrogen) atoms. The molecule has 0 bridgehead atoms. The van der Waals surface area contributed by atoms with Crippen LogP contribution in [0.4, 0.5) is 5.69 Å². The second kappa shape index (κ2) is 7.74. The SMILES string of the molecule is Cc1ccccc1NC(=O)C1Oc2ccc(Cl)cc2Cc2cc(Cl)ccc2O1. The summed E-state index contributed by atoms with van der Waals surface area (Å²) in [6.45, 7) is 1.92. The number of hydrogen-bond donors (Lipinski definition) is 1. The Bertz CT molecular complexity index is 998. The van der Waals surface area contributed by atoms with Gasteiger partial charge < -0.3 is 14.8 Å². The highest BCUT2D eigenvalue weighted by atomic mass is 35.5. The van der Waals surface area contributed by atoms with Crippen LogP contribution in [0, 0.1) is 6.92 Å². The molecule has 0 atom stereocenters. The molecule has 0 radical (unpaired) electrons. The molecule has 1 aliphatic rings. The molecule has 6 heteroatoms. The number of halogens is 2. The lowest BCUT2D eigenvalue weighted by atomic mass is 10.0. The van der Waals surface area contributed by atoms with E-state index < -0.39 is 12.2 Å². The zero-order chi connectivity index (χ0) is 19.7. The molecule has 0 saturated carbocycles. The predicted molar refractivity (Wildman–Crippen MR) is 111 cm³/mol. The van der Waals surface area contributed by atoms with E-state index in [9.17, 15) is 4.79 Å². The molecular weight excluding hydrogens is 397 g/mol. The molecule has 0 aliphatic carbocycles. The van der Waals surface area contributed by atoms with Crippen LogP contribution in [-0.2, 0) is 11.2 Å². The van der Waals surface area contributed by atoms with Gasteiger partial charge in [0, 0.05) is 33.3 Å². The van der Waals surface area contributed by atoms with Crippen LogP contribution in [0.25, 0.3) is 0 Å². The van der Waals surface area contributed by atoms with Crippen LogP contribution in [-0.4, -0.2) is 12.2 Å². The maximum absolute atomic E-state index is 12.9. The number of benzene rings is 3. The van der Waals surface area contributed by atoms with Crippen LogP contribution < -0.4 is 14.8 Å². The van der Waals surface area contributed by atoms with Crippen molar-refractivity contribution in [2.24, 2.45) is 0 Å². The summed E-state index contributed by atoms with van der Waals surface area (Å²) in [4.78, 5) is 12.9. The average Bonchev–Trinajstić information content (AvgIpc) is 2.65. The molecule has 1 N–H and O–H groups in total. The Morgan fingerprint density at radius 2 is 1.50 bits per heavy atom. The Kier molecular flexibility index (Phi) is 5.16. The van der Waals surface area contributed by atoms with E-state index in [4.69, 9.17) is 32.7 Å². The number of ether oxygens (including phenoxy) is 2. The zero-order valence-electron chi connectivity index (χ0n) is 15.0. The molecule has 3 aromatic carbocycles. The van der Waals surface area contributed by atoms with E-state index >= 15 is 0 Å². The van der Waals surface area contributed by atoms with Gasteiger partial charge in [-0.2, -0.15) is 0 Å². The van der Waals surface area contributed by atoms with Crippen molar-refractivity contribution in [1.29, 1.82) is 0 Å². The van der Waals surface area contributed by atoms with Crippen molar-refractivity contribution < 1.29 is 14.3 Å². The van der Waals surface area contributed by atoms with E-state index in [2.05, 4.69) is 5.32 Å². The number of anilines is 1. The molecular formula is C22H17Cl2NO3. The standard InChI is InChI=1S/C22H17Cl2NO3/c1-13-4-2-3-5-18(13)25-21(26)22-27-19-8-6-16(23)11-14(19)10-15-12-17(24)7-9-20(15)28-22/h2-9,11-12,22H,10H2,1H3,(H,25,26). The van der Waals surface area contributed by atoms with Crippen molar-refractivity contribution in [2.75, 3.05) is 5.32 Å². The molecule has 0 spiro atoms. The van der Waals surface area contributed by atoms with Gasteiger partial charge in [-0.05, 0) is 55.0 Å². The molecule has 0 aromatic heterocycles. The first-order chi connectivity index (χ1) is 13.5. The number of amides is 1. The molecule has 4 rings (SSSR count). The summed E-state index contributed by atoms with van der Waals surface area (Å²) in [5.41, 5.74) is 3.36. The Hall–Kier alpha value is -2.69. The monoisotopic (exact) mass is 413 g/mol. The van der Waals surface area contributed by atoms with E-state index in [0.29, 0.717) is 33.7 Å². The normalized spacial score (nSPS) is 13.2. The minimum absolute atomic E-state index is 0.405. The topological polar surface area (TPSA) is 47.6 Å². The maximum Gasteiger partial charge on any atom is 0.321 e. The molecule has 142 valence electrons. The Morgan fingerprint density at radius 3 is 2.07 bits per heavy atom. The third kappa shape index (κ3) is 3.93. The van der Waals surface area contributed by atoms with Gasteiger partial charge >= 0.3 is 12.2 Å². The summed E-state index contributed by atoms with van der Waals surface area (Å²) in [6.07, 6.45) is -0.641. The van der Waals surface area contributed by atoms with Crippen LogP contribution in [0.2, 0.25) is 10.0 Å². The number of rotatable bonds is 2. The lowest BCUT2D eigenvalue weighted by Crippen LogP contribution is -2.39. The summed E-state index contributed by atoms with van der Waals surface area (Å²) in [5, 5.41) is 4.05. The second-order valence-corrected chi connectivity index (χ2v) is 7.43. The first kappa shape index (κ1) is 18.7. The molecule has 1 amide bonds. The molecule has 0 saturated heterocycles. The van der Waals surface area contributed by atoms with E-state index in [1.54, 1.807) is 24.3 Å². The molecule has 1 heterocycles. The number of carbonyl (C=O) groups is 1. The lowest BCUT2D eigenvalue weighted by Gasteiger charge is -2.26. The van der Waals surface area contributed by atoms with Crippen LogP contribution >= 0.6 is 23.2 Å². The smallest absolute Gasteiger partial charge is 0.321 e. The quantitative estimate of drug-likeness (QED) is 0.592. The number of aryl methyl sites for hydroxylation is 1. The fraction of sp³-hybridized carbons (Fsp3) is 0.136. The summed E-state index contributed by atoms with van der Waals surface area (Å²) < 4.78 is 11.9. The number of hydrogen-bond acceptors (Lipinski definition) is 3. The van der Waals surface area contributed by atoms with Crippen LogP contribution in [0.1, 0.15) is 16.7 Å². The summed E-state index contributed by atoms with van der Waals surface area (Å²) in [7, 11) is 0. The second-order valence-electron chi connectivity index (χ2n) is 6.55. The highest BCUT2D eigenvalue weighted by molar-refractivity contribution is 6.31. The van der Waals surface area contributed by atoms with Crippen molar-refractivity contribution >= 4 is 34.8 Å². The minimum Gasteiger partial charge on any atom is -0.446 e. The Labute approximate surface area is 173 Å².